The van der Waals surface area contributed by atoms with E-state index in [1.165, 1.54) is 21.7 Å². The summed E-state index contributed by atoms with van der Waals surface area (Å²) >= 11 is 6.05. The molecule has 0 unspecified atom stereocenters. The van der Waals surface area contributed by atoms with Gasteiger partial charge in [-0.15, -0.1) is 0 Å². The van der Waals surface area contributed by atoms with Gasteiger partial charge in [-0.2, -0.15) is 11.3 Å². The van der Waals surface area contributed by atoms with Gasteiger partial charge in [-0.3, -0.25) is 0 Å². The Labute approximate surface area is 125 Å². The van der Waals surface area contributed by atoms with Gasteiger partial charge in [-0.25, -0.2) is 0 Å². The number of aryl methyl sites for hydroxylation is 1. The molecule has 0 aliphatic heterocycles. The fourth-order valence-corrected chi connectivity index (χ4v) is 2.89. The molecule has 2 aromatic heterocycles. The standard InChI is InChI=1S/C5H5IS.C4H4BIO3/c1-4-2-7-3-5(4)6;6-4-2-9-1-3(4)5(7)8/h2-3H,1H3;1-2,7-8H. The summed E-state index contributed by atoms with van der Waals surface area (Å²) in [5, 5.41) is 21.5. The van der Waals surface area contributed by atoms with Crippen molar-refractivity contribution >= 4 is 69.1 Å². The van der Waals surface area contributed by atoms with Crippen molar-refractivity contribution in [3.8, 4) is 0 Å². The van der Waals surface area contributed by atoms with Crippen molar-refractivity contribution in [2.24, 2.45) is 0 Å². The summed E-state index contributed by atoms with van der Waals surface area (Å²) in [6.45, 7) is 2.12. The van der Waals surface area contributed by atoms with E-state index < -0.39 is 7.12 Å². The van der Waals surface area contributed by atoms with Gasteiger partial charge in [0.05, 0.1) is 9.83 Å². The molecule has 0 fully saturated rings. The van der Waals surface area contributed by atoms with E-state index in [0.717, 1.165) is 3.57 Å². The van der Waals surface area contributed by atoms with Gasteiger partial charge in [0.2, 0.25) is 0 Å². The Kier molecular flexibility index (Phi) is 6.33. The summed E-state index contributed by atoms with van der Waals surface area (Å²) in [7, 11) is -1.42. The summed E-state index contributed by atoms with van der Waals surface area (Å²) in [5.74, 6) is 0. The number of rotatable bonds is 1. The van der Waals surface area contributed by atoms with Gasteiger partial charge in [-0.05, 0) is 63.0 Å². The molecule has 16 heavy (non-hydrogen) atoms. The van der Waals surface area contributed by atoms with Crippen LogP contribution in [0.3, 0.4) is 0 Å². The van der Waals surface area contributed by atoms with Gasteiger partial charge in [0.15, 0.2) is 0 Å². The predicted octanol–water partition coefficient (Wildman–Crippen LogP) is 2.23. The lowest BCUT2D eigenvalue weighted by atomic mass is 9.83. The highest BCUT2D eigenvalue weighted by Gasteiger charge is 2.15. The maximum atomic E-state index is 8.58. The van der Waals surface area contributed by atoms with Crippen LogP contribution in [0.15, 0.2) is 27.7 Å². The monoisotopic (exact) mass is 462 g/mol. The Morgan fingerprint density at radius 2 is 1.88 bits per heavy atom. The average Bonchev–Trinajstić information content (AvgIpc) is 2.78. The van der Waals surface area contributed by atoms with Crippen molar-refractivity contribution in [2.45, 2.75) is 6.92 Å². The number of thiophene rings is 1. The third-order valence-corrected chi connectivity index (χ3v) is 5.04. The lowest BCUT2D eigenvalue weighted by molar-refractivity contribution is 0.425. The topological polar surface area (TPSA) is 53.6 Å². The molecule has 3 nitrogen and oxygen atoms in total. The largest absolute Gasteiger partial charge is 0.492 e. The summed E-state index contributed by atoms with van der Waals surface area (Å²) < 4.78 is 6.78. The Hall–Kier alpha value is 0.425. The fraction of sp³-hybridized carbons (Fsp3) is 0.111. The second-order valence-electron chi connectivity index (χ2n) is 2.95. The molecule has 0 spiro atoms. The van der Waals surface area contributed by atoms with Crippen molar-refractivity contribution in [3.05, 3.63) is 36.0 Å². The summed E-state index contributed by atoms with van der Waals surface area (Å²) in [6.07, 6.45) is 2.77. The van der Waals surface area contributed by atoms with Gasteiger partial charge in [0, 0.05) is 14.4 Å². The molecule has 0 saturated heterocycles. The zero-order valence-corrected chi connectivity index (χ0v) is 13.5. The minimum Gasteiger partial charge on any atom is -0.472 e. The van der Waals surface area contributed by atoms with Crippen LogP contribution in [0.4, 0.5) is 0 Å². The average molecular weight is 462 g/mol. The molecule has 0 radical (unpaired) electrons. The van der Waals surface area contributed by atoms with Gasteiger partial charge in [0.1, 0.15) is 6.26 Å². The first-order chi connectivity index (χ1) is 7.52. The molecule has 0 aromatic carbocycles. The molecule has 2 heterocycles. The summed E-state index contributed by atoms with van der Waals surface area (Å²) in [6, 6.07) is 0. The van der Waals surface area contributed by atoms with Crippen LogP contribution >= 0.6 is 56.5 Å². The van der Waals surface area contributed by atoms with Gasteiger partial charge < -0.3 is 14.5 Å². The van der Waals surface area contributed by atoms with Crippen LogP contribution < -0.4 is 5.46 Å². The number of halogens is 2. The Morgan fingerprint density at radius 1 is 1.19 bits per heavy atom. The summed E-state index contributed by atoms with van der Waals surface area (Å²) in [5.41, 5.74) is 1.81. The highest BCUT2D eigenvalue weighted by Crippen LogP contribution is 2.14. The fourth-order valence-electron chi connectivity index (χ4n) is 0.821. The SMILES string of the molecule is Cc1cscc1I.OB(O)c1cocc1I. The van der Waals surface area contributed by atoms with E-state index in [9.17, 15) is 0 Å². The van der Waals surface area contributed by atoms with Gasteiger partial charge >= 0.3 is 7.12 Å². The normalized spacial score (nSPS) is 9.56. The molecule has 0 saturated carbocycles. The minimum atomic E-state index is -1.42. The van der Waals surface area contributed by atoms with Crippen molar-refractivity contribution in [3.63, 3.8) is 0 Å². The first-order valence-corrected chi connectivity index (χ1v) is 7.38. The molecule has 0 atom stereocenters. The van der Waals surface area contributed by atoms with Crippen molar-refractivity contribution in [1.29, 1.82) is 0 Å². The molecular weight excluding hydrogens is 453 g/mol. The van der Waals surface area contributed by atoms with E-state index in [4.69, 9.17) is 10.0 Å². The second-order valence-corrected chi connectivity index (χ2v) is 6.02. The van der Waals surface area contributed by atoms with Crippen LogP contribution in [0.2, 0.25) is 0 Å². The molecule has 0 aliphatic carbocycles. The zero-order valence-electron chi connectivity index (χ0n) is 8.35. The van der Waals surface area contributed by atoms with Crippen molar-refractivity contribution in [1.82, 2.24) is 0 Å². The van der Waals surface area contributed by atoms with Crippen LogP contribution in [-0.4, -0.2) is 17.2 Å². The van der Waals surface area contributed by atoms with E-state index in [1.54, 1.807) is 11.3 Å². The third kappa shape index (κ3) is 4.36. The van der Waals surface area contributed by atoms with Crippen molar-refractivity contribution in [2.75, 3.05) is 0 Å². The van der Waals surface area contributed by atoms with Crippen LogP contribution in [0, 0.1) is 14.1 Å². The highest BCUT2D eigenvalue weighted by molar-refractivity contribution is 14.1. The Balaban J connectivity index is 0.000000165. The maximum Gasteiger partial charge on any atom is 0.492 e. The van der Waals surface area contributed by atoms with E-state index >= 15 is 0 Å². The molecule has 0 amide bonds. The van der Waals surface area contributed by atoms with Crippen LogP contribution in [0.25, 0.3) is 0 Å². The number of hydrogen-bond donors (Lipinski definition) is 2. The molecule has 2 N–H and O–H groups in total. The maximum absolute atomic E-state index is 8.58. The molecule has 2 rings (SSSR count). The lowest BCUT2D eigenvalue weighted by Crippen LogP contribution is -2.30. The van der Waals surface area contributed by atoms with E-state index in [1.807, 2.05) is 22.6 Å². The zero-order chi connectivity index (χ0) is 12.1. The van der Waals surface area contributed by atoms with Crippen LogP contribution in [-0.2, 0) is 0 Å². The molecule has 0 aliphatic rings. The molecule has 0 bridgehead atoms. The minimum absolute atomic E-state index is 0.413. The molecule has 7 heteroatoms. The van der Waals surface area contributed by atoms with Gasteiger partial charge in [0.25, 0.3) is 0 Å². The van der Waals surface area contributed by atoms with E-state index in [0.29, 0.717) is 5.46 Å². The first kappa shape index (κ1) is 14.5. The lowest BCUT2D eigenvalue weighted by Gasteiger charge is -1.90. The number of furan rings is 1. The smallest absolute Gasteiger partial charge is 0.472 e. The predicted molar refractivity (Wildman–Crippen MR) is 83.0 cm³/mol. The summed E-state index contributed by atoms with van der Waals surface area (Å²) in [4.78, 5) is 0. The number of hydrogen-bond acceptors (Lipinski definition) is 4. The Morgan fingerprint density at radius 3 is 2.06 bits per heavy atom. The Bertz CT molecular complexity index is 425. The molecular formula is C9H9BI2O3S. The first-order valence-electron chi connectivity index (χ1n) is 4.28. The van der Waals surface area contributed by atoms with Crippen LogP contribution in [0.5, 0.6) is 0 Å². The van der Waals surface area contributed by atoms with Crippen molar-refractivity contribution < 1.29 is 14.5 Å². The van der Waals surface area contributed by atoms with Gasteiger partial charge in [-0.1, -0.05) is 0 Å². The molecule has 2 aromatic rings. The van der Waals surface area contributed by atoms with E-state index in [2.05, 4.69) is 44.7 Å². The van der Waals surface area contributed by atoms with E-state index in [-0.39, 0.29) is 0 Å². The van der Waals surface area contributed by atoms with Crippen LogP contribution in [0.1, 0.15) is 5.56 Å². The third-order valence-electron chi connectivity index (χ3n) is 1.71. The second kappa shape index (κ2) is 6.99. The quantitative estimate of drug-likeness (QED) is 0.506. The highest BCUT2D eigenvalue weighted by atomic mass is 127. The molecule has 86 valence electrons.